The molecule has 0 fully saturated rings. The molecule has 0 atom stereocenters. The van der Waals surface area contributed by atoms with Gasteiger partial charge in [0.15, 0.2) is 0 Å². The summed E-state index contributed by atoms with van der Waals surface area (Å²) in [6.45, 7) is 9.27. The minimum Gasteiger partial charge on any atom is -0.444 e. The molecule has 1 aliphatic rings. The van der Waals surface area contributed by atoms with Gasteiger partial charge in [-0.25, -0.2) is 4.79 Å². The van der Waals surface area contributed by atoms with E-state index >= 15 is 0 Å². The quantitative estimate of drug-likeness (QED) is 0.765. The van der Waals surface area contributed by atoms with Crippen molar-refractivity contribution < 1.29 is 24.0 Å². The highest BCUT2D eigenvalue weighted by molar-refractivity contribution is 6.20. The average Bonchev–Trinajstić information content (AvgIpc) is 2.74. The van der Waals surface area contributed by atoms with Gasteiger partial charge < -0.3 is 9.64 Å². The number of fused-ring (bicyclic) bond motifs is 1. The zero-order valence-electron chi connectivity index (χ0n) is 15.2. The number of ether oxygens (including phenoxy) is 1. The summed E-state index contributed by atoms with van der Waals surface area (Å²) in [5, 5.41) is 0.748. The monoisotopic (exact) mass is 348 g/mol. The lowest BCUT2D eigenvalue weighted by molar-refractivity contribution is -0.0967. The molecule has 0 bridgehead atoms. The lowest BCUT2D eigenvalue weighted by Crippen LogP contribution is -2.43. The second-order valence-corrected chi connectivity index (χ2v) is 7.05. The second-order valence-electron chi connectivity index (χ2n) is 7.05. The minimum atomic E-state index is -0.604. The van der Waals surface area contributed by atoms with Gasteiger partial charge in [-0.05, 0) is 46.8 Å². The zero-order chi connectivity index (χ0) is 18.8. The third-order valence-corrected chi connectivity index (χ3v) is 3.56. The van der Waals surface area contributed by atoms with E-state index in [9.17, 15) is 14.4 Å². The van der Waals surface area contributed by atoms with Gasteiger partial charge in [-0.1, -0.05) is 12.1 Å². The van der Waals surface area contributed by atoms with Crippen molar-refractivity contribution in [3.63, 3.8) is 0 Å². The smallest absolute Gasteiger partial charge is 0.410 e. The number of hydroxylamine groups is 2. The van der Waals surface area contributed by atoms with Gasteiger partial charge in [0, 0.05) is 6.04 Å². The van der Waals surface area contributed by atoms with Crippen LogP contribution in [0.4, 0.5) is 4.79 Å². The number of nitrogens with zero attached hydrogens (tertiary/aromatic N) is 2. The Morgan fingerprint density at radius 1 is 1.12 bits per heavy atom. The molecule has 3 amide bonds. The second kappa shape index (κ2) is 7.23. The molecule has 0 spiro atoms. The number of amides is 3. The van der Waals surface area contributed by atoms with E-state index < -0.39 is 23.5 Å². The van der Waals surface area contributed by atoms with E-state index in [4.69, 9.17) is 9.57 Å². The van der Waals surface area contributed by atoms with Crippen molar-refractivity contribution in [2.45, 2.75) is 46.3 Å². The van der Waals surface area contributed by atoms with Crippen molar-refractivity contribution in [1.82, 2.24) is 9.96 Å². The highest BCUT2D eigenvalue weighted by atomic mass is 16.7. The summed E-state index contributed by atoms with van der Waals surface area (Å²) < 4.78 is 5.36. The molecule has 0 aromatic heterocycles. The van der Waals surface area contributed by atoms with Gasteiger partial charge in [0.05, 0.1) is 24.3 Å². The minimum absolute atomic E-state index is 0.00287. The number of carbonyl (C=O) groups is 3. The van der Waals surface area contributed by atoms with Gasteiger partial charge >= 0.3 is 6.09 Å². The van der Waals surface area contributed by atoms with Crippen molar-refractivity contribution in [3.05, 3.63) is 35.4 Å². The Morgan fingerprint density at radius 2 is 1.64 bits per heavy atom. The van der Waals surface area contributed by atoms with Crippen molar-refractivity contribution in [2.24, 2.45) is 0 Å². The summed E-state index contributed by atoms with van der Waals surface area (Å²) in [5.41, 5.74) is 0.0360. The van der Waals surface area contributed by atoms with Gasteiger partial charge in [0.25, 0.3) is 11.8 Å². The first-order valence-corrected chi connectivity index (χ1v) is 8.22. The Morgan fingerprint density at radius 3 is 2.08 bits per heavy atom. The molecule has 7 heteroatoms. The first-order valence-electron chi connectivity index (χ1n) is 8.22. The maximum atomic E-state index is 12.2. The first-order chi connectivity index (χ1) is 11.6. The van der Waals surface area contributed by atoms with Crippen LogP contribution in [0.15, 0.2) is 24.3 Å². The molecule has 0 aliphatic carbocycles. The van der Waals surface area contributed by atoms with E-state index in [1.165, 1.54) is 4.90 Å². The van der Waals surface area contributed by atoms with Crippen LogP contribution in [-0.2, 0) is 9.57 Å². The van der Waals surface area contributed by atoms with Crippen LogP contribution in [0, 0.1) is 0 Å². The van der Waals surface area contributed by atoms with Gasteiger partial charge in [-0.3, -0.25) is 14.4 Å². The summed E-state index contributed by atoms with van der Waals surface area (Å²) in [6.07, 6.45) is -0.464. The molecule has 25 heavy (non-hydrogen) atoms. The van der Waals surface area contributed by atoms with Crippen LogP contribution in [0.2, 0.25) is 0 Å². The van der Waals surface area contributed by atoms with Crippen molar-refractivity contribution in [3.8, 4) is 0 Å². The fraction of sp³-hybridized carbons (Fsp3) is 0.500. The maximum Gasteiger partial charge on any atom is 0.410 e. The van der Waals surface area contributed by atoms with E-state index in [2.05, 4.69) is 0 Å². The third-order valence-electron chi connectivity index (χ3n) is 3.56. The fourth-order valence-corrected chi connectivity index (χ4v) is 2.40. The van der Waals surface area contributed by atoms with Crippen LogP contribution >= 0.6 is 0 Å². The van der Waals surface area contributed by atoms with Crippen LogP contribution in [0.5, 0.6) is 0 Å². The molecule has 0 saturated heterocycles. The van der Waals surface area contributed by atoms with Crippen molar-refractivity contribution in [2.75, 3.05) is 13.2 Å². The third kappa shape index (κ3) is 4.36. The lowest BCUT2D eigenvalue weighted by Gasteiger charge is -2.30. The molecule has 1 aromatic rings. The predicted molar refractivity (Wildman–Crippen MR) is 91.0 cm³/mol. The number of imide groups is 1. The van der Waals surface area contributed by atoms with Crippen LogP contribution in [0.1, 0.15) is 55.3 Å². The standard InChI is InChI=1S/C18H24N2O5/c1-12(2)19(17(23)25-18(3,4)5)10-11-24-20-15(21)13-8-6-7-9-14(13)16(20)22/h6-9,12H,10-11H2,1-5H3. The van der Waals surface area contributed by atoms with E-state index in [1.54, 1.807) is 45.0 Å². The molecule has 136 valence electrons. The molecule has 2 rings (SSSR count). The van der Waals surface area contributed by atoms with E-state index in [-0.39, 0.29) is 19.2 Å². The van der Waals surface area contributed by atoms with E-state index in [1.807, 2.05) is 13.8 Å². The Kier molecular flexibility index (Phi) is 5.47. The van der Waals surface area contributed by atoms with Gasteiger partial charge in [0.2, 0.25) is 0 Å². The highest BCUT2D eigenvalue weighted by Gasteiger charge is 2.36. The lowest BCUT2D eigenvalue weighted by atomic mass is 10.1. The van der Waals surface area contributed by atoms with Crippen LogP contribution < -0.4 is 0 Å². The summed E-state index contributed by atoms with van der Waals surface area (Å²) in [5.74, 6) is -0.983. The van der Waals surface area contributed by atoms with Crippen LogP contribution in [0.25, 0.3) is 0 Å². The van der Waals surface area contributed by atoms with Crippen molar-refractivity contribution >= 4 is 17.9 Å². The molecular formula is C18H24N2O5. The maximum absolute atomic E-state index is 12.2. The molecule has 1 aromatic carbocycles. The molecule has 0 unspecified atom stereocenters. The van der Waals surface area contributed by atoms with Gasteiger partial charge in [-0.15, -0.1) is 5.06 Å². The topological polar surface area (TPSA) is 76.2 Å². The molecule has 1 heterocycles. The Labute approximate surface area is 147 Å². The van der Waals surface area contributed by atoms with E-state index in [0.717, 1.165) is 5.06 Å². The molecule has 0 N–H and O–H groups in total. The van der Waals surface area contributed by atoms with Crippen LogP contribution in [-0.4, -0.2) is 52.7 Å². The molecule has 0 radical (unpaired) electrons. The summed E-state index contributed by atoms with van der Waals surface area (Å²) in [6, 6.07) is 6.44. The molecular weight excluding hydrogens is 324 g/mol. The highest BCUT2D eigenvalue weighted by Crippen LogP contribution is 2.22. The number of hydrogen-bond acceptors (Lipinski definition) is 5. The number of rotatable bonds is 5. The number of hydrogen-bond donors (Lipinski definition) is 0. The average molecular weight is 348 g/mol. The summed E-state index contributed by atoms with van der Waals surface area (Å²) in [7, 11) is 0. The Balaban J connectivity index is 1.96. The van der Waals surface area contributed by atoms with Gasteiger partial charge in [-0.2, -0.15) is 0 Å². The number of carbonyl (C=O) groups excluding carboxylic acids is 3. The largest absolute Gasteiger partial charge is 0.444 e. The molecule has 1 aliphatic heterocycles. The van der Waals surface area contributed by atoms with Crippen LogP contribution in [0.3, 0.4) is 0 Å². The predicted octanol–water partition coefficient (Wildman–Crippen LogP) is 2.86. The first kappa shape index (κ1) is 18.9. The summed E-state index contributed by atoms with van der Waals surface area (Å²) in [4.78, 5) is 43.5. The van der Waals surface area contributed by atoms with Gasteiger partial charge in [0.1, 0.15) is 5.60 Å². The number of benzene rings is 1. The zero-order valence-corrected chi connectivity index (χ0v) is 15.2. The normalized spacial score (nSPS) is 14.1. The van der Waals surface area contributed by atoms with Crippen molar-refractivity contribution in [1.29, 1.82) is 0 Å². The Hall–Kier alpha value is -2.41. The molecule has 7 nitrogen and oxygen atoms in total. The fourth-order valence-electron chi connectivity index (χ4n) is 2.40. The van der Waals surface area contributed by atoms with E-state index in [0.29, 0.717) is 11.1 Å². The molecule has 0 saturated carbocycles. The summed E-state index contributed by atoms with van der Waals surface area (Å²) >= 11 is 0. The SMILES string of the molecule is CC(C)N(CCON1C(=O)c2ccccc2C1=O)C(=O)OC(C)(C)C. The Bertz CT molecular complexity index is 643.